The molecule has 0 saturated carbocycles. The third-order valence-electron chi connectivity index (χ3n) is 2.99. The molecule has 0 radical (unpaired) electrons. The van der Waals surface area contributed by atoms with E-state index in [4.69, 9.17) is 16.3 Å². The van der Waals surface area contributed by atoms with E-state index in [1.54, 1.807) is 0 Å². The number of ether oxygens (including phenoxy) is 1. The largest absolute Gasteiger partial charge is 0.441 e. The second-order valence-corrected chi connectivity index (χ2v) is 4.22. The molecule has 0 heterocycles. The predicted octanol–water partition coefficient (Wildman–Crippen LogP) is 4.13. The Morgan fingerprint density at radius 1 is 0.941 bits per heavy atom. The molecule has 3 heteroatoms. The van der Waals surface area contributed by atoms with E-state index in [-0.39, 0.29) is 6.10 Å². The van der Waals surface area contributed by atoms with Crippen molar-refractivity contribution in [3.05, 3.63) is 59.7 Å². The fourth-order valence-electron chi connectivity index (χ4n) is 2.33. The van der Waals surface area contributed by atoms with Crippen LogP contribution in [-0.2, 0) is 4.74 Å². The summed E-state index contributed by atoms with van der Waals surface area (Å²) in [6.07, 6.45) is -0.382. The minimum Gasteiger partial charge on any atom is -0.441 e. The normalized spacial score (nSPS) is 13.0. The van der Waals surface area contributed by atoms with Gasteiger partial charge in [-0.05, 0) is 11.1 Å². The Balaban J connectivity index is 2.20. The summed E-state index contributed by atoms with van der Waals surface area (Å²) >= 11 is 5.33. The van der Waals surface area contributed by atoms with Crippen LogP contribution in [0.25, 0.3) is 11.1 Å². The summed E-state index contributed by atoms with van der Waals surface area (Å²) in [4.78, 5) is 11.0. The number of hydrogen-bond acceptors (Lipinski definition) is 2. The van der Waals surface area contributed by atoms with Crippen LogP contribution in [0.15, 0.2) is 48.5 Å². The molecule has 0 fully saturated rings. The minimum atomic E-state index is -0.776. The van der Waals surface area contributed by atoms with Crippen molar-refractivity contribution < 1.29 is 9.53 Å². The van der Waals surface area contributed by atoms with E-state index in [0.717, 1.165) is 22.3 Å². The zero-order valence-electron chi connectivity index (χ0n) is 8.89. The monoisotopic (exact) mass is 244 g/mol. The van der Waals surface area contributed by atoms with Crippen LogP contribution in [0.4, 0.5) is 4.79 Å². The van der Waals surface area contributed by atoms with Crippen molar-refractivity contribution in [2.45, 2.75) is 6.10 Å². The van der Waals surface area contributed by atoms with Crippen molar-refractivity contribution >= 4 is 17.0 Å². The van der Waals surface area contributed by atoms with Gasteiger partial charge in [0.05, 0.1) is 0 Å². The third kappa shape index (κ3) is 1.61. The van der Waals surface area contributed by atoms with Gasteiger partial charge in [0, 0.05) is 22.7 Å². The maximum atomic E-state index is 11.0. The van der Waals surface area contributed by atoms with Gasteiger partial charge in [-0.2, -0.15) is 0 Å². The van der Waals surface area contributed by atoms with Crippen LogP contribution in [0, 0.1) is 0 Å². The summed E-state index contributed by atoms with van der Waals surface area (Å²) < 4.78 is 5.19. The van der Waals surface area contributed by atoms with E-state index in [1.807, 2.05) is 48.5 Å². The number of carbonyl (C=O) groups excluding carboxylic acids is 1. The smallest absolute Gasteiger partial charge is 0.404 e. The van der Waals surface area contributed by atoms with Crippen molar-refractivity contribution in [3.8, 4) is 11.1 Å². The highest BCUT2D eigenvalue weighted by Gasteiger charge is 2.30. The molecule has 2 aromatic carbocycles. The number of carbonyl (C=O) groups is 1. The number of hydrogen-bond donors (Lipinski definition) is 0. The summed E-state index contributed by atoms with van der Waals surface area (Å²) in [5.41, 5.74) is 3.41. The highest BCUT2D eigenvalue weighted by Crippen LogP contribution is 2.45. The fourth-order valence-corrected chi connectivity index (χ4v) is 2.42. The Morgan fingerprint density at radius 2 is 1.41 bits per heavy atom. The Morgan fingerprint density at radius 3 is 1.88 bits per heavy atom. The van der Waals surface area contributed by atoms with Crippen molar-refractivity contribution in [1.29, 1.82) is 0 Å². The Bertz CT molecular complexity index is 547. The van der Waals surface area contributed by atoms with Gasteiger partial charge >= 0.3 is 5.43 Å². The van der Waals surface area contributed by atoms with Crippen LogP contribution in [0.2, 0.25) is 0 Å². The lowest BCUT2D eigenvalue weighted by Gasteiger charge is -2.12. The molecule has 0 spiro atoms. The van der Waals surface area contributed by atoms with Gasteiger partial charge in [0.25, 0.3) is 0 Å². The first kappa shape index (κ1) is 10.4. The van der Waals surface area contributed by atoms with Gasteiger partial charge in [-0.25, -0.2) is 4.79 Å². The summed E-state index contributed by atoms with van der Waals surface area (Å²) in [7, 11) is 0. The molecule has 0 aromatic heterocycles. The van der Waals surface area contributed by atoms with Crippen molar-refractivity contribution in [2.24, 2.45) is 0 Å². The molecule has 0 atom stereocenters. The van der Waals surface area contributed by atoms with E-state index in [9.17, 15) is 4.79 Å². The quantitative estimate of drug-likeness (QED) is 0.705. The van der Waals surface area contributed by atoms with Crippen LogP contribution in [0.1, 0.15) is 17.2 Å². The average Bonchev–Trinajstić information content (AvgIpc) is 2.65. The highest BCUT2D eigenvalue weighted by atomic mass is 35.5. The van der Waals surface area contributed by atoms with Gasteiger partial charge in [0.2, 0.25) is 0 Å². The first-order chi connectivity index (χ1) is 8.27. The molecule has 0 N–H and O–H groups in total. The second kappa shape index (κ2) is 3.90. The lowest BCUT2D eigenvalue weighted by molar-refractivity contribution is 0.144. The molecule has 84 valence electrons. The SMILES string of the molecule is O=C(Cl)OC1c2ccccc2-c2ccccc21. The fraction of sp³-hybridized carbons (Fsp3) is 0.0714. The van der Waals surface area contributed by atoms with Gasteiger partial charge in [0.1, 0.15) is 0 Å². The molecule has 0 amide bonds. The molecule has 2 nitrogen and oxygen atoms in total. The van der Waals surface area contributed by atoms with E-state index >= 15 is 0 Å². The molecule has 0 saturated heterocycles. The maximum Gasteiger partial charge on any atom is 0.404 e. The lowest BCUT2D eigenvalue weighted by atomic mass is 10.1. The van der Waals surface area contributed by atoms with Crippen molar-refractivity contribution in [3.63, 3.8) is 0 Å². The molecule has 0 unspecified atom stereocenters. The average molecular weight is 245 g/mol. The van der Waals surface area contributed by atoms with Gasteiger partial charge in [-0.1, -0.05) is 48.5 Å². The van der Waals surface area contributed by atoms with E-state index in [1.165, 1.54) is 0 Å². The first-order valence-electron chi connectivity index (χ1n) is 5.31. The summed E-state index contributed by atoms with van der Waals surface area (Å²) in [5, 5.41) is 0. The van der Waals surface area contributed by atoms with Gasteiger partial charge in [-0.3, -0.25) is 0 Å². The summed E-state index contributed by atoms with van der Waals surface area (Å²) in [6.45, 7) is 0. The zero-order chi connectivity index (χ0) is 11.8. The van der Waals surface area contributed by atoms with Crippen LogP contribution in [0.3, 0.4) is 0 Å². The second-order valence-electron chi connectivity index (χ2n) is 3.91. The van der Waals surface area contributed by atoms with Gasteiger partial charge < -0.3 is 4.74 Å². The third-order valence-corrected chi connectivity index (χ3v) is 3.08. The topological polar surface area (TPSA) is 26.3 Å². The summed E-state index contributed by atoms with van der Waals surface area (Å²) in [5.74, 6) is 0. The summed E-state index contributed by atoms with van der Waals surface area (Å²) in [6, 6.07) is 15.8. The Labute approximate surface area is 104 Å². The van der Waals surface area contributed by atoms with Crippen molar-refractivity contribution in [1.82, 2.24) is 0 Å². The van der Waals surface area contributed by atoms with Crippen LogP contribution in [-0.4, -0.2) is 5.43 Å². The van der Waals surface area contributed by atoms with Crippen LogP contribution >= 0.6 is 11.6 Å². The minimum absolute atomic E-state index is 0.382. The maximum absolute atomic E-state index is 11.0. The standard InChI is InChI=1S/C14H9ClO2/c15-14(16)17-13-11-7-3-1-5-9(11)10-6-2-4-8-12(10)13/h1-8,13H. The molecule has 0 aliphatic heterocycles. The van der Waals surface area contributed by atoms with Gasteiger partial charge in [-0.15, -0.1) is 0 Å². The number of benzene rings is 2. The number of fused-ring (bicyclic) bond motifs is 3. The molecular weight excluding hydrogens is 236 g/mol. The Kier molecular flexibility index (Phi) is 2.37. The molecule has 0 bridgehead atoms. The molecule has 2 aromatic rings. The van der Waals surface area contributed by atoms with Crippen LogP contribution in [0.5, 0.6) is 0 Å². The highest BCUT2D eigenvalue weighted by molar-refractivity contribution is 6.61. The predicted molar refractivity (Wildman–Crippen MR) is 66.1 cm³/mol. The Hall–Kier alpha value is -1.80. The molecule has 1 aliphatic rings. The lowest BCUT2D eigenvalue weighted by Crippen LogP contribution is -2.04. The van der Waals surface area contributed by atoms with E-state index in [2.05, 4.69) is 0 Å². The van der Waals surface area contributed by atoms with Crippen LogP contribution < -0.4 is 0 Å². The molecular formula is C14H9ClO2. The number of halogens is 1. The van der Waals surface area contributed by atoms with E-state index < -0.39 is 5.43 Å². The van der Waals surface area contributed by atoms with E-state index in [0.29, 0.717) is 0 Å². The first-order valence-corrected chi connectivity index (χ1v) is 5.69. The van der Waals surface area contributed by atoms with Crippen molar-refractivity contribution in [2.75, 3.05) is 0 Å². The number of rotatable bonds is 1. The van der Waals surface area contributed by atoms with Gasteiger partial charge in [0.15, 0.2) is 6.10 Å². The zero-order valence-corrected chi connectivity index (χ0v) is 9.65. The molecule has 1 aliphatic carbocycles. The molecule has 3 rings (SSSR count). The molecule has 17 heavy (non-hydrogen) atoms.